The van der Waals surface area contributed by atoms with Crippen LogP contribution < -0.4 is 10.5 Å². The fraction of sp³-hybridized carbons (Fsp3) is 0.333. The van der Waals surface area contributed by atoms with Crippen LogP contribution in [0.1, 0.15) is 5.56 Å². The molecule has 1 rings (SSSR count). The van der Waals surface area contributed by atoms with Crippen molar-refractivity contribution in [2.45, 2.75) is 6.42 Å². The minimum Gasteiger partial charge on any atom is -0.497 e. The van der Waals surface area contributed by atoms with Crippen LogP contribution in [0.2, 0.25) is 0 Å². The van der Waals surface area contributed by atoms with E-state index < -0.39 is 0 Å². The fourth-order valence-corrected chi connectivity index (χ4v) is 1.47. The van der Waals surface area contributed by atoms with E-state index in [1.54, 1.807) is 7.11 Å². The number of rotatable bonds is 3. The predicted octanol–water partition coefficient (Wildman–Crippen LogP) is 2.38. The van der Waals surface area contributed by atoms with Crippen molar-refractivity contribution in [1.29, 1.82) is 0 Å². The summed E-state index contributed by atoms with van der Waals surface area (Å²) in [6.07, 6.45) is 0.873. The second-order valence-electron chi connectivity index (χ2n) is 2.50. The van der Waals surface area contributed by atoms with Crippen LogP contribution in [0, 0.1) is 0 Å². The monoisotopic (exact) mass is 265 g/mol. The maximum absolute atomic E-state index is 5.46. The average Bonchev–Trinajstić information content (AvgIpc) is 2.09. The minimum absolute atomic E-state index is 0. The molecular formula is C9H13BrClNO. The molecule has 0 unspecified atom stereocenters. The van der Waals surface area contributed by atoms with Gasteiger partial charge in [-0.15, -0.1) is 12.4 Å². The number of ether oxygens (including phenoxy) is 1. The maximum atomic E-state index is 5.46. The van der Waals surface area contributed by atoms with E-state index >= 15 is 0 Å². The largest absolute Gasteiger partial charge is 0.497 e. The van der Waals surface area contributed by atoms with Gasteiger partial charge in [0.1, 0.15) is 5.75 Å². The Balaban J connectivity index is 0.00000144. The van der Waals surface area contributed by atoms with Crippen molar-refractivity contribution in [3.05, 3.63) is 28.2 Å². The summed E-state index contributed by atoms with van der Waals surface area (Å²) < 4.78 is 6.19. The molecule has 0 saturated carbocycles. The van der Waals surface area contributed by atoms with E-state index in [0.29, 0.717) is 6.54 Å². The molecule has 0 aliphatic heterocycles. The summed E-state index contributed by atoms with van der Waals surface area (Å²) in [6, 6.07) is 5.89. The summed E-state index contributed by atoms with van der Waals surface area (Å²) in [5, 5.41) is 0. The van der Waals surface area contributed by atoms with E-state index in [4.69, 9.17) is 10.5 Å². The zero-order valence-electron chi connectivity index (χ0n) is 7.42. The highest BCUT2D eigenvalue weighted by molar-refractivity contribution is 9.10. The molecule has 1 aromatic carbocycles. The van der Waals surface area contributed by atoms with Gasteiger partial charge >= 0.3 is 0 Å². The van der Waals surface area contributed by atoms with Crippen molar-refractivity contribution in [3.63, 3.8) is 0 Å². The van der Waals surface area contributed by atoms with E-state index in [-0.39, 0.29) is 12.4 Å². The standard InChI is InChI=1S/C9H12BrNO.ClH/c1-12-8-2-3-9(10)7(6-8)4-5-11;/h2-3,6H,4-5,11H2,1H3;1H. The van der Waals surface area contributed by atoms with Crippen LogP contribution in [0.3, 0.4) is 0 Å². The third-order valence-corrected chi connectivity index (χ3v) is 2.44. The van der Waals surface area contributed by atoms with Crippen LogP contribution in [0.4, 0.5) is 0 Å². The molecule has 1 aromatic rings. The molecule has 2 N–H and O–H groups in total. The number of nitrogens with two attached hydrogens (primary N) is 1. The highest BCUT2D eigenvalue weighted by atomic mass is 79.9. The van der Waals surface area contributed by atoms with Gasteiger partial charge in [-0.25, -0.2) is 0 Å². The van der Waals surface area contributed by atoms with Gasteiger partial charge in [-0.2, -0.15) is 0 Å². The van der Waals surface area contributed by atoms with Crippen LogP contribution in [-0.4, -0.2) is 13.7 Å². The smallest absolute Gasteiger partial charge is 0.119 e. The van der Waals surface area contributed by atoms with Crippen molar-refractivity contribution in [1.82, 2.24) is 0 Å². The first-order chi connectivity index (χ1) is 5.77. The summed E-state index contributed by atoms with van der Waals surface area (Å²) >= 11 is 3.45. The van der Waals surface area contributed by atoms with Crippen LogP contribution in [0.15, 0.2) is 22.7 Å². The molecule has 2 nitrogen and oxygen atoms in total. The van der Waals surface area contributed by atoms with E-state index in [1.807, 2.05) is 18.2 Å². The molecule has 0 fully saturated rings. The lowest BCUT2D eigenvalue weighted by Gasteiger charge is -2.05. The lowest BCUT2D eigenvalue weighted by molar-refractivity contribution is 0.414. The quantitative estimate of drug-likeness (QED) is 0.912. The predicted molar refractivity (Wildman–Crippen MR) is 60.7 cm³/mol. The van der Waals surface area contributed by atoms with Crippen molar-refractivity contribution in [2.75, 3.05) is 13.7 Å². The SMILES string of the molecule is COc1ccc(Br)c(CCN)c1.Cl. The number of hydrogen-bond acceptors (Lipinski definition) is 2. The molecule has 13 heavy (non-hydrogen) atoms. The Kier molecular flexibility index (Phi) is 6.12. The summed E-state index contributed by atoms with van der Waals surface area (Å²) in [5.74, 6) is 0.877. The second-order valence-corrected chi connectivity index (χ2v) is 3.35. The lowest BCUT2D eigenvalue weighted by atomic mass is 10.1. The molecule has 0 radical (unpaired) electrons. The highest BCUT2D eigenvalue weighted by Gasteiger charge is 2.00. The summed E-state index contributed by atoms with van der Waals surface area (Å²) in [7, 11) is 1.66. The van der Waals surface area contributed by atoms with Gasteiger partial charge in [0.2, 0.25) is 0 Å². The zero-order chi connectivity index (χ0) is 8.97. The Morgan fingerprint density at radius 1 is 1.46 bits per heavy atom. The maximum Gasteiger partial charge on any atom is 0.119 e. The average molecular weight is 267 g/mol. The van der Waals surface area contributed by atoms with E-state index in [2.05, 4.69) is 15.9 Å². The van der Waals surface area contributed by atoms with Gasteiger partial charge in [0.15, 0.2) is 0 Å². The zero-order valence-corrected chi connectivity index (χ0v) is 9.82. The van der Waals surface area contributed by atoms with Crippen LogP contribution in [0.25, 0.3) is 0 Å². The fourth-order valence-electron chi connectivity index (χ4n) is 1.03. The second kappa shape index (κ2) is 6.24. The van der Waals surface area contributed by atoms with E-state index in [1.165, 1.54) is 5.56 Å². The van der Waals surface area contributed by atoms with Gasteiger partial charge in [0, 0.05) is 4.47 Å². The molecule has 0 amide bonds. The van der Waals surface area contributed by atoms with Crippen LogP contribution >= 0.6 is 28.3 Å². The third-order valence-electron chi connectivity index (χ3n) is 1.67. The molecular weight excluding hydrogens is 253 g/mol. The minimum atomic E-state index is 0. The number of benzene rings is 1. The molecule has 0 saturated heterocycles. The first kappa shape index (κ1) is 12.8. The Hall–Kier alpha value is -0.250. The van der Waals surface area contributed by atoms with Crippen LogP contribution in [-0.2, 0) is 6.42 Å². The van der Waals surface area contributed by atoms with Gasteiger partial charge in [0.25, 0.3) is 0 Å². The third kappa shape index (κ3) is 3.55. The van der Waals surface area contributed by atoms with Crippen molar-refractivity contribution < 1.29 is 4.74 Å². The van der Waals surface area contributed by atoms with Gasteiger partial charge in [-0.3, -0.25) is 0 Å². The van der Waals surface area contributed by atoms with E-state index in [0.717, 1.165) is 16.6 Å². The topological polar surface area (TPSA) is 35.2 Å². The van der Waals surface area contributed by atoms with Crippen molar-refractivity contribution in [3.8, 4) is 5.75 Å². The van der Waals surface area contributed by atoms with E-state index in [9.17, 15) is 0 Å². The molecule has 0 bridgehead atoms. The Morgan fingerprint density at radius 2 is 2.15 bits per heavy atom. The first-order valence-electron chi connectivity index (χ1n) is 3.80. The molecule has 0 aliphatic rings. The normalized spacial score (nSPS) is 9.15. The molecule has 0 aromatic heterocycles. The van der Waals surface area contributed by atoms with Gasteiger partial charge in [-0.1, -0.05) is 15.9 Å². The highest BCUT2D eigenvalue weighted by Crippen LogP contribution is 2.22. The lowest BCUT2D eigenvalue weighted by Crippen LogP contribution is -2.03. The molecule has 4 heteroatoms. The van der Waals surface area contributed by atoms with Gasteiger partial charge in [0.05, 0.1) is 7.11 Å². The number of halogens is 2. The Morgan fingerprint density at radius 3 is 2.69 bits per heavy atom. The summed E-state index contributed by atoms with van der Waals surface area (Å²) in [6.45, 7) is 0.658. The molecule has 0 aliphatic carbocycles. The molecule has 0 spiro atoms. The number of hydrogen-bond donors (Lipinski definition) is 1. The molecule has 0 heterocycles. The van der Waals surface area contributed by atoms with Crippen molar-refractivity contribution in [2.24, 2.45) is 5.73 Å². The van der Waals surface area contributed by atoms with Gasteiger partial charge in [-0.05, 0) is 36.7 Å². The first-order valence-corrected chi connectivity index (χ1v) is 4.59. The Bertz CT molecular complexity index is 268. The van der Waals surface area contributed by atoms with Gasteiger partial charge < -0.3 is 10.5 Å². The Labute approximate surface area is 93.0 Å². The van der Waals surface area contributed by atoms with Crippen molar-refractivity contribution >= 4 is 28.3 Å². The molecule has 0 atom stereocenters. The number of methoxy groups -OCH3 is 1. The summed E-state index contributed by atoms with van der Waals surface area (Å²) in [4.78, 5) is 0. The summed E-state index contributed by atoms with van der Waals surface area (Å²) in [5.41, 5.74) is 6.65. The molecule has 74 valence electrons. The van der Waals surface area contributed by atoms with Crippen LogP contribution in [0.5, 0.6) is 5.75 Å².